The van der Waals surface area contributed by atoms with E-state index in [1.807, 2.05) is 0 Å². The molecule has 0 bridgehead atoms. The number of hydrogen-bond acceptors (Lipinski definition) is 6. The first-order valence-electron chi connectivity index (χ1n) is 28.5. The molecule has 386 valence electrons. The third kappa shape index (κ3) is 53.7. The average molecular weight is 936 g/mol. The third-order valence-electron chi connectivity index (χ3n) is 12.3. The highest BCUT2D eigenvalue weighted by Gasteiger charge is 2.19. The molecule has 0 aliphatic carbocycles. The predicted octanol–water partition coefficient (Wildman–Crippen LogP) is 19.0. The van der Waals surface area contributed by atoms with E-state index in [9.17, 15) is 14.4 Å². The Kier molecular flexibility index (Phi) is 52.8. The number of rotatable bonds is 51. The Bertz CT molecular complexity index is 1260. The normalized spacial score (nSPS) is 12.6. The van der Waals surface area contributed by atoms with Crippen LogP contribution < -0.4 is 0 Å². The van der Waals surface area contributed by atoms with Gasteiger partial charge in [0.15, 0.2) is 6.10 Å². The maximum atomic E-state index is 12.9. The van der Waals surface area contributed by atoms with Crippen molar-refractivity contribution < 1.29 is 28.6 Å². The van der Waals surface area contributed by atoms with Gasteiger partial charge >= 0.3 is 17.9 Å². The quantitative estimate of drug-likeness (QED) is 0.0199. The summed E-state index contributed by atoms with van der Waals surface area (Å²) in [7, 11) is 0. The van der Waals surface area contributed by atoms with Gasteiger partial charge in [-0.05, 0) is 70.6 Å². The summed E-state index contributed by atoms with van der Waals surface area (Å²) < 4.78 is 16.9. The van der Waals surface area contributed by atoms with Gasteiger partial charge in [0, 0.05) is 19.3 Å². The lowest BCUT2D eigenvalue weighted by atomic mass is 10.0. The zero-order chi connectivity index (χ0) is 48.6. The van der Waals surface area contributed by atoms with E-state index in [1.165, 1.54) is 135 Å². The fraction of sp³-hybridized carbons (Fsp3) is 0.754. The maximum absolute atomic E-state index is 12.9. The highest BCUT2D eigenvalue weighted by Crippen LogP contribution is 2.16. The van der Waals surface area contributed by atoms with Gasteiger partial charge in [-0.15, -0.1) is 0 Å². The Morgan fingerprint density at radius 2 is 0.657 bits per heavy atom. The summed E-state index contributed by atoms with van der Waals surface area (Å²) in [4.78, 5) is 38.1. The Morgan fingerprint density at radius 1 is 0.328 bits per heavy atom. The molecule has 0 amide bonds. The number of ether oxygens (including phenoxy) is 3. The van der Waals surface area contributed by atoms with Gasteiger partial charge in [0.05, 0.1) is 0 Å². The lowest BCUT2D eigenvalue weighted by Gasteiger charge is -2.18. The zero-order valence-corrected chi connectivity index (χ0v) is 44.2. The SMILES string of the molecule is CC\C=C/C=C\C=C/CCCCCCCC(=O)OCC(COC(=O)CCCCCCCCCCC/C=C\C/C=C\C/C=C\CC)OC(=O)CCCCCCCCCCCCCCCCCCC. The minimum atomic E-state index is -0.784. The molecule has 0 radical (unpaired) electrons. The van der Waals surface area contributed by atoms with Crippen LogP contribution in [0.25, 0.3) is 0 Å². The number of hydrogen-bond donors (Lipinski definition) is 0. The Hall–Kier alpha value is -3.15. The standard InChI is InChI=1S/C61H106O6/c1-4-7-10-13-16-19-22-25-27-29-30-32-33-36-39-42-45-48-51-54-60(63)66-57-58(56-65-59(62)53-50-47-44-41-38-35-24-21-18-15-12-9-6-3)67-61(64)55-52-49-46-43-40-37-34-31-28-26-23-20-17-14-11-8-5-2/h7,9-10,12,15-16,18-19,21,24-25,27,58H,4-6,8,11,13-14,17,20,22-23,26,28-57H2,1-3H3/b10-7-,12-9-,18-15-,19-16-,24-21-,27-25-. The maximum Gasteiger partial charge on any atom is 0.306 e. The van der Waals surface area contributed by atoms with E-state index in [4.69, 9.17) is 14.2 Å². The molecule has 0 aliphatic rings. The smallest absolute Gasteiger partial charge is 0.306 e. The first-order valence-corrected chi connectivity index (χ1v) is 28.5. The number of carbonyl (C=O) groups is 3. The first kappa shape index (κ1) is 63.8. The van der Waals surface area contributed by atoms with Gasteiger partial charge in [-0.3, -0.25) is 14.4 Å². The monoisotopic (exact) mass is 935 g/mol. The Morgan fingerprint density at radius 3 is 1.07 bits per heavy atom. The van der Waals surface area contributed by atoms with E-state index in [-0.39, 0.29) is 31.1 Å². The minimum Gasteiger partial charge on any atom is -0.462 e. The van der Waals surface area contributed by atoms with Gasteiger partial charge < -0.3 is 14.2 Å². The van der Waals surface area contributed by atoms with Gasteiger partial charge in [-0.25, -0.2) is 0 Å². The largest absolute Gasteiger partial charge is 0.462 e. The second-order valence-electron chi connectivity index (χ2n) is 18.9. The van der Waals surface area contributed by atoms with Crippen LogP contribution in [0.3, 0.4) is 0 Å². The summed E-state index contributed by atoms with van der Waals surface area (Å²) in [6.07, 6.45) is 70.3. The summed E-state index contributed by atoms with van der Waals surface area (Å²) in [6, 6.07) is 0. The summed E-state index contributed by atoms with van der Waals surface area (Å²) in [5.41, 5.74) is 0. The highest BCUT2D eigenvalue weighted by molar-refractivity contribution is 5.71. The minimum absolute atomic E-state index is 0.0830. The van der Waals surface area contributed by atoms with Crippen LogP contribution >= 0.6 is 0 Å². The van der Waals surface area contributed by atoms with E-state index >= 15 is 0 Å². The molecular weight excluding hydrogens is 829 g/mol. The summed E-state index contributed by atoms with van der Waals surface area (Å²) >= 11 is 0. The first-order chi connectivity index (χ1) is 33.0. The van der Waals surface area contributed by atoms with Crippen molar-refractivity contribution in [3.8, 4) is 0 Å². The number of esters is 3. The zero-order valence-electron chi connectivity index (χ0n) is 44.2. The van der Waals surface area contributed by atoms with Crippen LogP contribution in [-0.2, 0) is 28.6 Å². The van der Waals surface area contributed by atoms with Crippen molar-refractivity contribution in [3.63, 3.8) is 0 Å². The van der Waals surface area contributed by atoms with E-state index < -0.39 is 6.10 Å². The van der Waals surface area contributed by atoms with Gasteiger partial charge in [-0.1, -0.05) is 261 Å². The number of unbranched alkanes of at least 4 members (excludes halogenated alkanes) is 30. The Balaban J connectivity index is 4.36. The van der Waals surface area contributed by atoms with Crippen molar-refractivity contribution >= 4 is 17.9 Å². The van der Waals surface area contributed by atoms with Crippen LogP contribution in [0, 0.1) is 0 Å². The van der Waals surface area contributed by atoms with Crippen molar-refractivity contribution in [1.82, 2.24) is 0 Å². The van der Waals surface area contributed by atoms with Crippen LogP contribution in [0.5, 0.6) is 0 Å². The molecule has 0 N–H and O–H groups in total. The summed E-state index contributed by atoms with van der Waals surface area (Å²) in [5, 5.41) is 0. The van der Waals surface area contributed by atoms with Crippen molar-refractivity contribution in [3.05, 3.63) is 72.9 Å². The molecule has 0 aromatic rings. The number of carbonyl (C=O) groups excluding carboxylic acids is 3. The molecule has 0 saturated carbocycles. The van der Waals surface area contributed by atoms with Crippen LogP contribution in [0.4, 0.5) is 0 Å². The lowest BCUT2D eigenvalue weighted by molar-refractivity contribution is -0.167. The van der Waals surface area contributed by atoms with Gasteiger partial charge in [0.25, 0.3) is 0 Å². The van der Waals surface area contributed by atoms with Crippen molar-refractivity contribution in [2.24, 2.45) is 0 Å². The van der Waals surface area contributed by atoms with Gasteiger partial charge in [0.1, 0.15) is 13.2 Å². The molecule has 0 aliphatic heterocycles. The summed E-state index contributed by atoms with van der Waals surface area (Å²) in [6.45, 7) is 6.40. The second kappa shape index (κ2) is 55.4. The topological polar surface area (TPSA) is 78.9 Å². The van der Waals surface area contributed by atoms with Crippen LogP contribution in [0.2, 0.25) is 0 Å². The molecule has 0 aromatic carbocycles. The van der Waals surface area contributed by atoms with Gasteiger partial charge in [0.2, 0.25) is 0 Å². The molecule has 6 nitrogen and oxygen atoms in total. The third-order valence-corrected chi connectivity index (χ3v) is 12.3. The van der Waals surface area contributed by atoms with E-state index in [0.29, 0.717) is 19.3 Å². The molecule has 0 aromatic heterocycles. The second-order valence-corrected chi connectivity index (χ2v) is 18.9. The van der Waals surface area contributed by atoms with Gasteiger partial charge in [-0.2, -0.15) is 0 Å². The Labute approximate surface area is 414 Å². The fourth-order valence-corrected chi connectivity index (χ4v) is 8.05. The van der Waals surface area contributed by atoms with Crippen molar-refractivity contribution in [2.75, 3.05) is 13.2 Å². The molecule has 67 heavy (non-hydrogen) atoms. The van der Waals surface area contributed by atoms with Crippen LogP contribution in [-0.4, -0.2) is 37.2 Å². The molecule has 6 heteroatoms. The highest BCUT2D eigenvalue weighted by atomic mass is 16.6. The summed E-state index contributed by atoms with van der Waals surface area (Å²) in [5.74, 6) is -0.899. The molecule has 0 fully saturated rings. The van der Waals surface area contributed by atoms with E-state index in [2.05, 4.69) is 93.7 Å². The predicted molar refractivity (Wildman–Crippen MR) is 288 cm³/mol. The molecule has 0 rings (SSSR count). The molecule has 0 spiro atoms. The lowest BCUT2D eigenvalue weighted by Crippen LogP contribution is -2.30. The molecule has 1 atom stereocenters. The molecule has 1 unspecified atom stereocenters. The van der Waals surface area contributed by atoms with E-state index in [0.717, 1.165) is 103 Å². The molecular formula is C61H106O6. The van der Waals surface area contributed by atoms with Crippen LogP contribution in [0.15, 0.2) is 72.9 Å². The van der Waals surface area contributed by atoms with Crippen LogP contribution in [0.1, 0.15) is 278 Å². The molecule has 0 heterocycles. The molecule has 0 saturated heterocycles. The van der Waals surface area contributed by atoms with E-state index in [1.54, 1.807) is 0 Å². The van der Waals surface area contributed by atoms with Crippen molar-refractivity contribution in [1.29, 1.82) is 0 Å². The number of allylic oxidation sites excluding steroid dienone is 12. The van der Waals surface area contributed by atoms with Crippen molar-refractivity contribution in [2.45, 2.75) is 284 Å². The fourth-order valence-electron chi connectivity index (χ4n) is 8.05. The average Bonchev–Trinajstić information content (AvgIpc) is 3.33.